The summed E-state index contributed by atoms with van der Waals surface area (Å²) in [5, 5.41) is 5.77. The molecule has 2 N–H and O–H groups in total. The van der Waals surface area contributed by atoms with Gasteiger partial charge in [-0.3, -0.25) is 9.59 Å². The number of hydrogen-bond acceptors (Lipinski definition) is 2. The van der Waals surface area contributed by atoms with Gasteiger partial charge in [-0.25, -0.2) is 0 Å². The lowest BCUT2D eigenvalue weighted by atomic mass is 10.1. The Labute approximate surface area is 156 Å². The summed E-state index contributed by atoms with van der Waals surface area (Å²) in [5.74, 6) is 0.162. The van der Waals surface area contributed by atoms with Crippen LogP contribution in [0.15, 0.2) is 46.9 Å². The highest BCUT2D eigenvalue weighted by Crippen LogP contribution is 2.48. The molecule has 2 unspecified atom stereocenters. The van der Waals surface area contributed by atoms with Crippen LogP contribution >= 0.6 is 15.9 Å². The zero-order valence-electron chi connectivity index (χ0n) is 14.3. The van der Waals surface area contributed by atoms with E-state index in [9.17, 15) is 9.59 Å². The zero-order valence-corrected chi connectivity index (χ0v) is 15.9. The number of anilines is 1. The van der Waals surface area contributed by atoms with Gasteiger partial charge in [0.25, 0.3) is 5.91 Å². The van der Waals surface area contributed by atoms with Crippen LogP contribution in [0.2, 0.25) is 0 Å². The Hall–Kier alpha value is -2.14. The number of halogens is 1. The molecule has 0 spiro atoms. The molecule has 1 aliphatic rings. The number of nitrogens with one attached hydrogen (secondary N) is 2. The molecule has 1 saturated carbocycles. The van der Waals surface area contributed by atoms with Gasteiger partial charge < -0.3 is 10.6 Å². The van der Waals surface area contributed by atoms with Gasteiger partial charge in [0.05, 0.1) is 0 Å². The first kappa shape index (κ1) is 17.7. The molecule has 2 aromatic carbocycles. The van der Waals surface area contributed by atoms with Gasteiger partial charge >= 0.3 is 0 Å². The predicted octanol–water partition coefficient (Wildman–Crippen LogP) is 4.25. The number of carbonyl (C=O) groups is 2. The zero-order chi connectivity index (χ0) is 18.0. The molecule has 3 rings (SSSR count). The van der Waals surface area contributed by atoms with Crippen LogP contribution in [0.3, 0.4) is 0 Å². The smallest absolute Gasteiger partial charge is 0.251 e. The average Bonchev–Trinajstić information content (AvgIpc) is 3.38. The van der Waals surface area contributed by atoms with E-state index in [1.54, 1.807) is 12.1 Å². The van der Waals surface area contributed by atoms with Crippen LogP contribution in [0.25, 0.3) is 0 Å². The molecule has 2 amide bonds. The molecule has 4 nitrogen and oxygen atoms in total. The van der Waals surface area contributed by atoms with E-state index < -0.39 is 0 Å². The highest BCUT2D eigenvalue weighted by Gasteiger charge is 2.43. The first-order chi connectivity index (χ1) is 12.0. The second-order valence-corrected chi connectivity index (χ2v) is 7.29. The van der Waals surface area contributed by atoms with Crippen molar-refractivity contribution in [3.05, 3.63) is 63.6 Å². The van der Waals surface area contributed by atoms with Crippen LogP contribution in [0.5, 0.6) is 0 Å². The van der Waals surface area contributed by atoms with Gasteiger partial charge in [-0.15, -0.1) is 0 Å². The van der Waals surface area contributed by atoms with Gasteiger partial charge in [-0.1, -0.05) is 34.1 Å². The molecular formula is C20H21BrN2O2. The quantitative estimate of drug-likeness (QED) is 0.787. The number of aryl methyl sites for hydroxylation is 1. The van der Waals surface area contributed by atoms with E-state index in [2.05, 4.69) is 38.7 Å². The monoisotopic (exact) mass is 400 g/mol. The third kappa shape index (κ3) is 4.10. The minimum atomic E-state index is -0.128. The number of hydrogen-bond donors (Lipinski definition) is 2. The summed E-state index contributed by atoms with van der Waals surface area (Å²) in [6, 6.07) is 13.5. The summed E-state index contributed by atoms with van der Waals surface area (Å²) in [6.45, 7) is 4.38. The predicted molar refractivity (Wildman–Crippen MR) is 103 cm³/mol. The summed E-state index contributed by atoms with van der Waals surface area (Å²) in [7, 11) is 0. The van der Waals surface area contributed by atoms with Crippen molar-refractivity contribution in [1.29, 1.82) is 0 Å². The maximum atomic E-state index is 12.6. The van der Waals surface area contributed by atoms with Crippen molar-refractivity contribution in [3.63, 3.8) is 0 Å². The molecule has 1 fully saturated rings. The van der Waals surface area contributed by atoms with E-state index in [0.717, 1.165) is 16.5 Å². The Morgan fingerprint density at radius 1 is 1.16 bits per heavy atom. The van der Waals surface area contributed by atoms with Crippen molar-refractivity contribution in [1.82, 2.24) is 5.32 Å². The summed E-state index contributed by atoms with van der Waals surface area (Å²) >= 11 is 3.43. The van der Waals surface area contributed by atoms with Crippen molar-refractivity contribution >= 4 is 33.4 Å². The van der Waals surface area contributed by atoms with E-state index in [1.165, 1.54) is 5.56 Å². The highest BCUT2D eigenvalue weighted by atomic mass is 79.9. The number of carbonyl (C=O) groups excluding carboxylic acids is 2. The fraction of sp³-hybridized carbons (Fsp3) is 0.300. The maximum absolute atomic E-state index is 12.6. The van der Waals surface area contributed by atoms with Gasteiger partial charge in [0.1, 0.15) is 0 Å². The molecule has 2 aromatic rings. The molecule has 0 aromatic heterocycles. The van der Waals surface area contributed by atoms with Gasteiger partial charge in [-0.05, 0) is 61.6 Å². The Balaban J connectivity index is 1.68. The minimum absolute atomic E-state index is 0.00583. The fourth-order valence-corrected chi connectivity index (χ4v) is 3.21. The van der Waals surface area contributed by atoms with Gasteiger partial charge in [-0.2, -0.15) is 0 Å². The van der Waals surface area contributed by atoms with Gasteiger partial charge in [0.2, 0.25) is 5.91 Å². The molecule has 0 saturated heterocycles. The number of amides is 2. The maximum Gasteiger partial charge on any atom is 0.251 e. The molecule has 0 heterocycles. The third-order valence-electron chi connectivity index (χ3n) is 4.52. The Morgan fingerprint density at radius 2 is 1.88 bits per heavy atom. The second kappa shape index (κ2) is 7.40. The topological polar surface area (TPSA) is 58.2 Å². The van der Waals surface area contributed by atoms with Crippen molar-refractivity contribution in [2.75, 3.05) is 11.9 Å². The molecule has 130 valence electrons. The molecule has 1 aliphatic carbocycles. The van der Waals surface area contributed by atoms with E-state index in [0.29, 0.717) is 17.8 Å². The molecule has 2 atom stereocenters. The average molecular weight is 401 g/mol. The largest absolute Gasteiger partial charge is 0.352 e. The van der Waals surface area contributed by atoms with Crippen LogP contribution in [-0.4, -0.2) is 18.4 Å². The minimum Gasteiger partial charge on any atom is -0.352 e. The SMILES string of the molecule is CCNC(=O)c1ccc(C)c(NC(=O)C2CC2c2ccc(Br)cc2)c1. The lowest BCUT2D eigenvalue weighted by molar-refractivity contribution is -0.117. The molecule has 5 heteroatoms. The summed E-state index contributed by atoms with van der Waals surface area (Å²) in [6.07, 6.45) is 0.864. The number of benzene rings is 2. The Morgan fingerprint density at radius 3 is 2.56 bits per heavy atom. The van der Waals surface area contributed by atoms with E-state index in [-0.39, 0.29) is 23.7 Å². The summed E-state index contributed by atoms with van der Waals surface area (Å²) in [5.41, 5.74) is 3.40. The van der Waals surface area contributed by atoms with E-state index in [1.807, 2.05) is 32.0 Å². The molecule has 0 aliphatic heterocycles. The Bertz CT molecular complexity index is 802. The van der Waals surface area contributed by atoms with Crippen molar-refractivity contribution in [3.8, 4) is 0 Å². The van der Waals surface area contributed by atoms with Crippen LogP contribution in [0, 0.1) is 12.8 Å². The molecular weight excluding hydrogens is 380 g/mol. The molecule has 0 bridgehead atoms. The lowest BCUT2D eigenvalue weighted by Crippen LogP contribution is -2.23. The highest BCUT2D eigenvalue weighted by molar-refractivity contribution is 9.10. The van der Waals surface area contributed by atoms with Crippen molar-refractivity contribution in [2.24, 2.45) is 5.92 Å². The lowest BCUT2D eigenvalue weighted by Gasteiger charge is -2.11. The number of rotatable bonds is 5. The van der Waals surface area contributed by atoms with E-state index >= 15 is 0 Å². The van der Waals surface area contributed by atoms with Gasteiger partial charge in [0.15, 0.2) is 0 Å². The molecule has 25 heavy (non-hydrogen) atoms. The standard InChI is InChI=1S/C20H21BrN2O2/c1-3-22-19(24)14-5-4-12(2)18(10-14)23-20(25)17-11-16(17)13-6-8-15(21)9-7-13/h4-10,16-17H,3,11H2,1-2H3,(H,22,24)(H,23,25). The first-order valence-corrected chi connectivity index (χ1v) is 9.24. The van der Waals surface area contributed by atoms with Crippen LogP contribution < -0.4 is 10.6 Å². The van der Waals surface area contributed by atoms with Crippen LogP contribution in [-0.2, 0) is 4.79 Å². The first-order valence-electron chi connectivity index (χ1n) is 8.44. The van der Waals surface area contributed by atoms with E-state index in [4.69, 9.17) is 0 Å². The Kier molecular flexibility index (Phi) is 5.23. The van der Waals surface area contributed by atoms with Crippen molar-refractivity contribution < 1.29 is 9.59 Å². The normalized spacial score (nSPS) is 18.5. The second-order valence-electron chi connectivity index (χ2n) is 6.38. The molecule has 0 radical (unpaired) electrons. The van der Waals surface area contributed by atoms with Crippen molar-refractivity contribution in [2.45, 2.75) is 26.2 Å². The van der Waals surface area contributed by atoms with Crippen LogP contribution in [0.4, 0.5) is 5.69 Å². The summed E-state index contributed by atoms with van der Waals surface area (Å²) in [4.78, 5) is 24.5. The summed E-state index contributed by atoms with van der Waals surface area (Å²) < 4.78 is 1.04. The third-order valence-corrected chi connectivity index (χ3v) is 5.05. The van der Waals surface area contributed by atoms with Gasteiger partial charge in [0, 0.05) is 28.2 Å². The fourth-order valence-electron chi connectivity index (χ4n) is 2.95. The van der Waals surface area contributed by atoms with Crippen LogP contribution in [0.1, 0.15) is 40.7 Å².